The monoisotopic (exact) mass is 460 g/mol. The Morgan fingerprint density at radius 2 is 2.14 bits per heavy atom. The highest BCUT2D eigenvalue weighted by Crippen LogP contribution is 2.07. The van der Waals surface area contributed by atoms with Crippen LogP contribution in [0, 0.1) is 0 Å². The van der Waals surface area contributed by atoms with Crippen molar-refractivity contribution in [2.45, 2.75) is 19.9 Å². The maximum absolute atomic E-state index is 11.6. The van der Waals surface area contributed by atoms with Gasteiger partial charge in [0.2, 0.25) is 10.0 Å². The maximum Gasteiger partial charge on any atom is 0.213 e. The Bertz CT molecular complexity index is 532. The van der Waals surface area contributed by atoms with E-state index in [1.165, 1.54) is 9.18 Å². The normalized spacial score (nSPS) is 12.1. The van der Waals surface area contributed by atoms with E-state index in [0.29, 0.717) is 13.1 Å². The summed E-state index contributed by atoms with van der Waals surface area (Å²) in [6.45, 7) is 3.57. The van der Waals surface area contributed by atoms with Crippen LogP contribution in [0.4, 0.5) is 0 Å². The van der Waals surface area contributed by atoms with Gasteiger partial charge in [0.05, 0.1) is 12.3 Å². The van der Waals surface area contributed by atoms with Gasteiger partial charge in [-0.25, -0.2) is 12.7 Å². The lowest BCUT2D eigenvalue weighted by atomic mass is 10.4. The molecule has 0 bridgehead atoms. The molecule has 0 radical (unpaired) electrons. The molecule has 0 fully saturated rings. The molecule has 1 aromatic heterocycles. The van der Waals surface area contributed by atoms with E-state index in [0.717, 1.165) is 18.9 Å². The van der Waals surface area contributed by atoms with Crippen LogP contribution < -0.4 is 10.6 Å². The first-order chi connectivity index (χ1) is 9.99. The molecule has 0 atom stereocenters. The Hall–Kier alpha value is -0.390. The van der Waals surface area contributed by atoms with Gasteiger partial charge >= 0.3 is 0 Å². The number of nitrogens with zero attached hydrogens (tertiary/aromatic N) is 2. The van der Waals surface area contributed by atoms with Crippen LogP contribution in [0.3, 0.4) is 0 Å². The fourth-order valence-electron chi connectivity index (χ4n) is 1.67. The van der Waals surface area contributed by atoms with Crippen LogP contribution >= 0.6 is 35.3 Å². The molecule has 0 amide bonds. The molecule has 0 aliphatic rings. The number of thiophene rings is 1. The van der Waals surface area contributed by atoms with Gasteiger partial charge in [-0.05, 0) is 24.8 Å². The first kappa shape index (κ1) is 21.6. The summed E-state index contributed by atoms with van der Waals surface area (Å²) in [6, 6.07) is 4.08. The molecular formula is C13H25IN4O2S2. The number of guanidine groups is 1. The van der Waals surface area contributed by atoms with Gasteiger partial charge in [-0.15, -0.1) is 35.3 Å². The van der Waals surface area contributed by atoms with Gasteiger partial charge < -0.3 is 10.6 Å². The summed E-state index contributed by atoms with van der Waals surface area (Å²) >= 11 is 1.69. The van der Waals surface area contributed by atoms with E-state index in [1.807, 2.05) is 11.4 Å². The van der Waals surface area contributed by atoms with E-state index in [-0.39, 0.29) is 29.7 Å². The third kappa shape index (κ3) is 7.75. The summed E-state index contributed by atoms with van der Waals surface area (Å²) in [5, 5.41) is 8.44. The number of nitrogens with one attached hydrogen (secondary N) is 2. The van der Waals surface area contributed by atoms with Crippen LogP contribution in [0.1, 0.15) is 18.2 Å². The second-order valence-corrected chi connectivity index (χ2v) is 7.90. The van der Waals surface area contributed by atoms with Crippen LogP contribution in [-0.2, 0) is 16.6 Å². The van der Waals surface area contributed by atoms with Crippen LogP contribution in [0.5, 0.6) is 0 Å². The second kappa shape index (κ2) is 11.2. The lowest BCUT2D eigenvalue weighted by Gasteiger charge is -2.16. The van der Waals surface area contributed by atoms with Crippen molar-refractivity contribution >= 4 is 51.3 Å². The Kier molecular flexibility index (Phi) is 11.0. The zero-order chi connectivity index (χ0) is 15.7. The Balaban J connectivity index is 0.00000441. The van der Waals surface area contributed by atoms with Gasteiger partial charge in [0.1, 0.15) is 0 Å². The number of sulfonamides is 1. The molecule has 9 heteroatoms. The van der Waals surface area contributed by atoms with E-state index < -0.39 is 10.0 Å². The molecule has 0 aliphatic carbocycles. The highest BCUT2D eigenvalue weighted by molar-refractivity contribution is 14.0. The van der Waals surface area contributed by atoms with Gasteiger partial charge in [0.25, 0.3) is 0 Å². The predicted molar refractivity (Wildman–Crippen MR) is 105 cm³/mol. The standard InChI is InChI=1S/C13H24N4O2S2.HI/c1-4-21(18,19)17(3)9-6-8-15-13(14-2)16-11-12-7-5-10-20-12;/h5,7,10H,4,6,8-9,11H2,1-3H3,(H2,14,15,16);1H. The lowest BCUT2D eigenvalue weighted by molar-refractivity contribution is 0.461. The number of halogens is 1. The smallest absolute Gasteiger partial charge is 0.213 e. The molecule has 0 aliphatic heterocycles. The minimum Gasteiger partial charge on any atom is -0.356 e. The van der Waals surface area contributed by atoms with Crippen LogP contribution in [0.15, 0.2) is 22.5 Å². The molecule has 2 N–H and O–H groups in total. The average molecular weight is 460 g/mol. The van der Waals surface area contributed by atoms with Gasteiger partial charge in [-0.3, -0.25) is 4.99 Å². The van der Waals surface area contributed by atoms with E-state index >= 15 is 0 Å². The van der Waals surface area contributed by atoms with Crippen molar-refractivity contribution in [3.8, 4) is 0 Å². The van der Waals surface area contributed by atoms with Gasteiger partial charge in [-0.1, -0.05) is 6.07 Å². The summed E-state index contributed by atoms with van der Waals surface area (Å²) in [5.41, 5.74) is 0. The number of hydrogen-bond acceptors (Lipinski definition) is 4. The molecule has 1 heterocycles. The third-order valence-electron chi connectivity index (χ3n) is 3.02. The van der Waals surface area contributed by atoms with Crippen molar-refractivity contribution < 1.29 is 8.42 Å². The quantitative estimate of drug-likeness (QED) is 0.268. The first-order valence-corrected chi connectivity index (χ1v) is 9.39. The topological polar surface area (TPSA) is 73.8 Å². The molecule has 0 spiro atoms. The molecule has 1 rings (SSSR count). The van der Waals surface area contributed by atoms with Crippen LogP contribution in [0.25, 0.3) is 0 Å². The zero-order valence-electron chi connectivity index (χ0n) is 13.2. The van der Waals surface area contributed by atoms with Crippen molar-refractivity contribution in [2.24, 2.45) is 4.99 Å². The first-order valence-electron chi connectivity index (χ1n) is 6.90. The minimum absolute atomic E-state index is 0. The lowest BCUT2D eigenvalue weighted by Crippen LogP contribution is -2.38. The van der Waals surface area contributed by atoms with Crippen molar-refractivity contribution in [3.63, 3.8) is 0 Å². The largest absolute Gasteiger partial charge is 0.356 e. The Morgan fingerprint density at radius 1 is 1.41 bits per heavy atom. The zero-order valence-corrected chi connectivity index (χ0v) is 17.2. The molecule has 0 aromatic carbocycles. The summed E-state index contributed by atoms with van der Waals surface area (Å²) < 4.78 is 24.6. The van der Waals surface area contributed by atoms with Gasteiger partial charge in [-0.2, -0.15) is 0 Å². The van der Waals surface area contributed by atoms with E-state index in [4.69, 9.17) is 0 Å². The third-order valence-corrected chi connectivity index (χ3v) is 5.75. The SMILES string of the molecule is CCS(=O)(=O)N(C)CCCNC(=NC)NCc1cccs1.I. The molecule has 128 valence electrons. The van der Waals surface area contributed by atoms with Crippen molar-refractivity contribution in [1.82, 2.24) is 14.9 Å². The van der Waals surface area contributed by atoms with E-state index in [2.05, 4.69) is 21.7 Å². The Morgan fingerprint density at radius 3 is 2.68 bits per heavy atom. The second-order valence-electron chi connectivity index (χ2n) is 4.51. The molecule has 0 unspecified atom stereocenters. The summed E-state index contributed by atoms with van der Waals surface area (Å²) in [7, 11) is 0.250. The number of aliphatic imine (C=N–C) groups is 1. The fourth-order valence-corrected chi connectivity index (χ4v) is 3.17. The molecular weight excluding hydrogens is 435 g/mol. The van der Waals surface area contributed by atoms with Crippen molar-refractivity contribution in [1.29, 1.82) is 0 Å². The predicted octanol–water partition coefficient (Wildman–Crippen LogP) is 1.70. The molecule has 0 saturated carbocycles. The molecule has 1 aromatic rings. The minimum atomic E-state index is -3.08. The summed E-state index contributed by atoms with van der Waals surface area (Å²) in [5.74, 6) is 0.866. The van der Waals surface area contributed by atoms with Crippen LogP contribution in [-0.4, -0.2) is 51.6 Å². The van der Waals surface area contributed by atoms with Crippen molar-refractivity contribution in [3.05, 3.63) is 22.4 Å². The van der Waals surface area contributed by atoms with E-state index in [1.54, 1.807) is 32.4 Å². The summed E-state index contributed by atoms with van der Waals surface area (Å²) in [4.78, 5) is 5.38. The number of hydrogen-bond donors (Lipinski definition) is 2. The summed E-state index contributed by atoms with van der Waals surface area (Å²) in [6.07, 6.45) is 0.732. The highest BCUT2D eigenvalue weighted by Gasteiger charge is 2.13. The van der Waals surface area contributed by atoms with Crippen molar-refractivity contribution in [2.75, 3.05) is 32.9 Å². The Labute approximate surface area is 154 Å². The highest BCUT2D eigenvalue weighted by atomic mass is 127. The van der Waals surface area contributed by atoms with E-state index in [9.17, 15) is 8.42 Å². The number of rotatable bonds is 8. The molecule has 22 heavy (non-hydrogen) atoms. The fraction of sp³-hybridized carbons (Fsp3) is 0.615. The van der Waals surface area contributed by atoms with Gasteiger partial charge in [0, 0.05) is 32.1 Å². The maximum atomic E-state index is 11.6. The van der Waals surface area contributed by atoms with Crippen LogP contribution in [0.2, 0.25) is 0 Å². The molecule has 0 saturated heterocycles. The van der Waals surface area contributed by atoms with Gasteiger partial charge in [0.15, 0.2) is 5.96 Å². The average Bonchev–Trinajstić information content (AvgIpc) is 2.99. The molecule has 6 nitrogen and oxygen atoms in total.